The number of halogens is 1. The van der Waals surface area contributed by atoms with E-state index in [0.29, 0.717) is 6.04 Å². The maximum Gasteiger partial charge on any atom is 0.122 e. The van der Waals surface area contributed by atoms with Crippen LogP contribution in [0, 0.1) is 0 Å². The lowest BCUT2D eigenvalue weighted by molar-refractivity contribution is 0.357. The van der Waals surface area contributed by atoms with Gasteiger partial charge in [-0.2, -0.15) is 0 Å². The quantitative estimate of drug-likeness (QED) is 0.864. The molecule has 1 N–H and O–H groups in total. The normalized spacial score (nSPS) is 14.9. The molecule has 2 nitrogen and oxygen atoms in total. The number of thiophene rings is 1. The third-order valence-electron chi connectivity index (χ3n) is 3.76. The topological polar surface area (TPSA) is 21.3 Å². The number of fused-ring (bicyclic) bond motifs is 1. The maximum atomic E-state index is 5.56. The minimum absolute atomic E-state index is 0.427. The minimum atomic E-state index is 0.427. The fourth-order valence-corrected chi connectivity index (χ4v) is 4.24. The van der Waals surface area contributed by atoms with Crippen LogP contribution in [0.2, 0.25) is 0 Å². The standard InChI is InChI=1S/C16H18BrNOS/c1-18-14(16-9-13(17)10-20-16)4-2-11-3-5-15-12(8-11)6-7-19-15/h3,5,8-10,14,18H,2,4,6-7H2,1H3. The molecule has 0 spiro atoms. The Kier molecular flexibility index (Phi) is 4.44. The van der Waals surface area contributed by atoms with Gasteiger partial charge in [0.25, 0.3) is 0 Å². The lowest BCUT2D eigenvalue weighted by Crippen LogP contribution is -2.15. The lowest BCUT2D eigenvalue weighted by Gasteiger charge is -2.14. The van der Waals surface area contributed by atoms with Crippen LogP contribution in [0.3, 0.4) is 0 Å². The summed E-state index contributed by atoms with van der Waals surface area (Å²) in [5.74, 6) is 1.07. The van der Waals surface area contributed by atoms with Crippen molar-refractivity contribution in [3.05, 3.63) is 50.1 Å². The summed E-state index contributed by atoms with van der Waals surface area (Å²) < 4.78 is 6.73. The third-order valence-corrected chi connectivity index (χ3v) is 5.56. The molecular weight excluding hydrogens is 334 g/mol. The molecule has 1 aromatic heterocycles. The van der Waals surface area contributed by atoms with Gasteiger partial charge < -0.3 is 10.1 Å². The Balaban J connectivity index is 1.66. The SMILES string of the molecule is CNC(CCc1ccc2c(c1)CCO2)c1cc(Br)cs1. The molecule has 0 radical (unpaired) electrons. The largest absolute Gasteiger partial charge is 0.493 e. The van der Waals surface area contributed by atoms with Crippen molar-refractivity contribution in [2.24, 2.45) is 0 Å². The highest BCUT2D eigenvalue weighted by Gasteiger charge is 2.14. The van der Waals surface area contributed by atoms with Gasteiger partial charge in [0.15, 0.2) is 0 Å². The predicted octanol–water partition coefficient (Wildman–Crippen LogP) is 4.34. The average Bonchev–Trinajstić information content (AvgIpc) is 3.08. The van der Waals surface area contributed by atoms with E-state index in [2.05, 4.69) is 50.9 Å². The van der Waals surface area contributed by atoms with Gasteiger partial charge in [0.05, 0.1) is 6.61 Å². The summed E-state index contributed by atoms with van der Waals surface area (Å²) in [6.07, 6.45) is 3.26. The highest BCUT2D eigenvalue weighted by molar-refractivity contribution is 9.10. The van der Waals surface area contributed by atoms with Gasteiger partial charge in [0, 0.05) is 27.2 Å². The molecule has 0 saturated carbocycles. The Morgan fingerprint density at radius 1 is 1.40 bits per heavy atom. The van der Waals surface area contributed by atoms with Crippen LogP contribution in [0.4, 0.5) is 0 Å². The Labute approximate surface area is 132 Å². The molecule has 1 aromatic carbocycles. The Morgan fingerprint density at radius 3 is 3.05 bits per heavy atom. The monoisotopic (exact) mass is 351 g/mol. The summed E-state index contributed by atoms with van der Waals surface area (Å²) in [7, 11) is 2.04. The van der Waals surface area contributed by atoms with E-state index in [4.69, 9.17) is 4.74 Å². The van der Waals surface area contributed by atoms with Crippen molar-refractivity contribution in [1.29, 1.82) is 0 Å². The Morgan fingerprint density at radius 2 is 2.30 bits per heavy atom. The van der Waals surface area contributed by atoms with E-state index in [-0.39, 0.29) is 0 Å². The molecule has 0 fully saturated rings. The summed E-state index contributed by atoms with van der Waals surface area (Å²) in [4.78, 5) is 1.39. The van der Waals surface area contributed by atoms with Crippen LogP contribution in [0.1, 0.15) is 28.5 Å². The molecule has 1 unspecified atom stereocenters. The average molecular weight is 352 g/mol. The van der Waals surface area contributed by atoms with Gasteiger partial charge in [0.1, 0.15) is 5.75 Å². The summed E-state index contributed by atoms with van der Waals surface area (Å²) in [6, 6.07) is 9.26. The maximum absolute atomic E-state index is 5.56. The number of aryl methyl sites for hydroxylation is 1. The molecule has 2 heterocycles. The van der Waals surface area contributed by atoms with E-state index in [9.17, 15) is 0 Å². The van der Waals surface area contributed by atoms with Crippen LogP contribution in [0.25, 0.3) is 0 Å². The van der Waals surface area contributed by atoms with Crippen molar-refractivity contribution < 1.29 is 4.74 Å². The van der Waals surface area contributed by atoms with E-state index >= 15 is 0 Å². The summed E-state index contributed by atoms with van der Waals surface area (Å²) in [5.41, 5.74) is 2.77. The van der Waals surface area contributed by atoms with Crippen LogP contribution in [-0.4, -0.2) is 13.7 Å². The van der Waals surface area contributed by atoms with Crippen molar-refractivity contribution >= 4 is 27.3 Å². The second kappa shape index (κ2) is 6.29. The summed E-state index contributed by atoms with van der Waals surface area (Å²) >= 11 is 5.34. The first kappa shape index (κ1) is 14.1. The molecule has 20 heavy (non-hydrogen) atoms. The molecule has 0 amide bonds. The molecule has 1 atom stereocenters. The predicted molar refractivity (Wildman–Crippen MR) is 87.8 cm³/mol. The first-order valence-corrected chi connectivity index (χ1v) is 8.59. The van der Waals surface area contributed by atoms with Gasteiger partial charge in [-0.05, 0) is 59.1 Å². The van der Waals surface area contributed by atoms with Crippen LogP contribution >= 0.6 is 27.3 Å². The van der Waals surface area contributed by atoms with Crippen molar-refractivity contribution in [1.82, 2.24) is 5.32 Å². The number of hydrogen-bond acceptors (Lipinski definition) is 3. The number of rotatable bonds is 5. The zero-order valence-electron chi connectivity index (χ0n) is 11.5. The molecule has 2 aromatic rings. The zero-order chi connectivity index (χ0) is 13.9. The van der Waals surface area contributed by atoms with E-state index in [1.807, 2.05) is 18.4 Å². The molecule has 106 valence electrons. The van der Waals surface area contributed by atoms with Gasteiger partial charge in [-0.25, -0.2) is 0 Å². The van der Waals surface area contributed by atoms with Gasteiger partial charge in [0.2, 0.25) is 0 Å². The molecule has 4 heteroatoms. The van der Waals surface area contributed by atoms with Crippen LogP contribution in [0.15, 0.2) is 34.1 Å². The van der Waals surface area contributed by atoms with Crippen molar-refractivity contribution in [3.8, 4) is 5.75 Å². The first-order valence-electron chi connectivity index (χ1n) is 6.92. The molecule has 1 aliphatic heterocycles. The second-order valence-electron chi connectivity index (χ2n) is 5.09. The van der Waals surface area contributed by atoms with Gasteiger partial charge in [-0.3, -0.25) is 0 Å². The van der Waals surface area contributed by atoms with E-state index in [1.54, 1.807) is 0 Å². The molecule has 3 rings (SSSR count). The Hall–Kier alpha value is -0.840. The van der Waals surface area contributed by atoms with E-state index in [1.165, 1.54) is 20.5 Å². The molecule has 0 aliphatic carbocycles. The van der Waals surface area contributed by atoms with Gasteiger partial charge in [-0.15, -0.1) is 11.3 Å². The highest BCUT2D eigenvalue weighted by atomic mass is 79.9. The first-order chi connectivity index (χ1) is 9.76. The lowest BCUT2D eigenvalue weighted by atomic mass is 10.0. The zero-order valence-corrected chi connectivity index (χ0v) is 13.9. The number of nitrogens with one attached hydrogen (secondary N) is 1. The second-order valence-corrected chi connectivity index (χ2v) is 6.95. The third kappa shape index (κ3) is 3.08. The van der Waals surface area contributed by atoms with Gasteiger partial charge in [-0.1, -0.05) is 12.1 Å². The molecule has 1 aliphatic rings. The molecule has 0 bridgehead atoms. The number of benzene rings is 1. The van der Waals surface area contributed by atoms with E-state index < -0.39 is 0 Å². The molecular formula is C16H18BrNOS. The van der Waals surface area contributed by atoms with Crippen molar-refractivity contribution in [2.45, 2.75) is 25.3 Å². The van der Waals surface area contributed by atoms with Crippen LogP contribution in [-0.2, 0) is 12.8 Å². The van der Waals surface area contributed by atoms with E-state index in [0.717, 1.165) is 31.6 Å². The fraction of sp³-hybridized carbons (Fsp3) is 0.375. The Bertz CT molecular complexity index is 596. The van der Waals surface area contributed by atoms with Crippen molar-refractivity contribution in [2.75, 3.05) is 13.7 Å². The van der Waals surface area contributed by atoms with Crippen LogP contribution < -0.4 is 10.1 Å². The molecule has 0 saturated heterocycles. The minimum Gasteiger partial charge on any atom is -0.493 e. The number of ether oxygens (including phenoxy) is 1. The van der Waals surface area contributed by atoms with Crippen molar-refractivity contribution in [3.63, 3.8) is 0 Å². The van der Waals surface area contributed by atoms with Gasteiger partial charge >= 0.3 is 0 Å². The fourth-order valence-electron chi connectivity index (χ4n) is 2.65. The van der Waals surface area contributed by atoms with Crippen LogP contribution in [0.5, 0.6) is 5.75 Å². The number of hydrogen-bond donors (Lipinski definition) is 1. The smallest absolute Gasteiger partial charge is 0.122 e. The summed E-state index contributed by atoms with van der Waals surface area (Å²) in [5, 5.41) is 5.56. The highest BCUT2D eigenvalue weighted by Crippen LogP contribution is 2.30. The summed E-state index contributed by atoms with van der Waals surface area (Å²) in [6.45, 7) is 0.834.